The van der Waals surface area contributed by atoms with E-state index in [4.69, 9.17) is 0 Å². The SMILES string of the molecule is CCn1nccc1CNCc1cn(C(C)C)nc1C. The summed E-state index contributed by atoms with van der Waals surface area (Å²) < 4.78 is 4.03. The fourth-order valence-electron chi connectivity index (χ4n) is 2.08. The Morgan fingerprint density at radius 2 is 2.11 bits per heavy atom. The van der Waals surface area contributed by atoms with Crippen molar-refractivity contribution in [2.45, 2.75) is 53.4 Å². The first-order valence-electron chi connectivity index (χ1n) is 6.87. The number of rotatable bonds is 6. The zero-order chi connectivity index (χ0) is 13.8. The second kappa shape index (κ2) is 6.02. The molecule has 0 fully saturated rings. The predicted octanol–water partition coefficient (Wildman–Crippen LogP) is 2.28. The topological polar surface area (TPSA) is 47.7 Å². The van der Waals surface area contributed by atoms with E-state index in [0.29, 0.717) is 6.04 Å². The first-order valence-corrected chi connectivity index (χ1v) is 6.87. The van der Waals surface area contributed by atoms with Gasteiger partial charge in [0.25, 0.3) is 0 Å². The van der Waals surface area contributed by atoms with Gasteiger partial charge in [0.15, 0.2) is 0 Å². The molecule has 0 aliphatic rings. The lowest BCUT2D eigenvalue weighted by Crippen LogP contribution is -2.16. The molecule has 0 bridgehead atoms. The van der Waals surface area contributed by atoms with Gasteiger partial charge in [-0.25, -0.2) is 0 Å². The third kappa shape index (κ3) is 3.23. The maximum Gasteiger partial charge on any atom is 0.0638 e. The standard InChI is InChI=1S/C14H23N5/c1-5-18-14(6-7-16-18)9-15-8-13-10-19(11(2)3)17-12(13)4/h6-7,10-11,15H,5,8-9H2,1-4H3. The summed E-state index contributed by atoms with van der Waals surface area (Å²) in [5.41, 5.74) is 3.58. The Labute approximate surface area is 114 Å². The lowest BCUT2D eigenvalue weighted by Gasteiger charge is -2.06. The first kappa shape index (κ1) is 13.8. The maximum atomic E-state index is 4.52. The molecule has 0 aliphatic heterocycles. The number of aromatic nitrogens is 4. The van der Waals surface area contributed by atoms with Gasteiger partial charge in [0.05, 0.1) is 11.4 Å². The van der Waals surface area contributed by atoms with Crippen molar-refractivity contribution in [3.63, 3.8) is 0 Å². The van der Waals surface area contributed by atoms with Crippen LogP contribution in [0.25, 0.3) is 0 Å². The highest BCUT2D eigenvalue weighted by molar-refractivity contribution is 5.15. The fourth-order valence-corrected chi connectivity index (χ4v) is 2.08. The van der Waals surface area contributed by atoms with E-state index in [1.165, 1.54) is 11.3 Å². The Morgan fingerprint density at radius 1 is 1.32 bits per heavy atom. The van der Waals surface area contributed by atoms with Gasteiger partial charge in [-0.05, 0) is 33.8 Å². The van der Waals surface area contributed by atoms with Crippen LogP contribution in [0.3, 0.4) is 0 Å². The molecule has 0 spiro atoms. The van der Waals surface area contributed by atoms with E-state index in [1.807, 2.05) is 15.6 Å². The van der Waals surface area contributed by atoms with Gasteiger partial charge < -0.3 is 5.32 Å². The Hall–Kier alpha value is -1.62. The molecule has 0 aliphatic carbocycles. The van der Waals surface area contributed by atoms with Crippen molar-refractivity contribution < 1.29 is 0 Å². The average molecular weight is 261 g/mol. The van der Waals surface area contributed by atoms with Crippen LogP contribution in [0.15, 0.2) is 18.5 Å². The Kier molecular flexibility index (Phi) is 4.37. The molecule has 2 aromatic rings. The molecule has 0 amide bonds. The van der Waals surface area contributed by atoms with Crippen LogP contribution in [0.4, 0.5) is 0 Å². The average Bonchev–Trinajstić information content (AvgIpc) is 2.96. The van der Waals surface area contributed by atoms with Gasteiger partial charge >= 0.3 is 0 Å². The smallest absolute Gasteiger partial charge is 0.0638 e. The third-order valence-electron chi connectivity index (χ3n) is 3.27. The van der Waals surface area contributed by atoms with Crippen LogP contribution in [-0.4, -0.2) is 19.6 Å². The molecule has 2 aromatic heterocycles. The lowest BCUT2D eigenvalue weighted by molar-refractivity contribution is 0.528. The quantitative estimate of drug-likeness (QED) is 0.868. The van der Waals surface area contributed by atoms with Crippen LogP contribution in [0.5, 0.6) is 0 Å². The molecular weight excluding hydrogens is 238 g/mol. The fraction of sp³-hybridized carbons (Fsp3) is 0.571. The van der Waals surface area contributed by atoms with Crippen LogP contribution < -0.4 is 5.32 Å². The van der Waals surface area contributed by atoms with Crippen LogP contribution in [0.2, 0.25) is 0 Å². The highest BCUT2D eigenvalue weighted by atomic mass is 15.3. The monoisotopic (exact) mass is 261 g/mol. The van der Waals surface area contributed by atoms with Gasteiger partial charge in [-0.15, -0.1) is 0 Å². The third-order valence-corrected chi connectivity index (χ3v) is 3.27. The molecule has 2 rings (SSSR count). The Morgan fingerprint density at radius 3 is 2.74 bits per heavy atom. The highest BCUT2D eigenvalue weighted by Crippen LogP contribution is 2.10. The summed E-state index contributed by atoms with van der Waals surface area (Å²) in [6.07, 6.45) is 3.98. The van der Waals surface area contributed by atoms with Crippen LogP contribution in [0.1, 0.15) is 43.8 Å². The van der Waals surface area contributed by atoms with Crippen LogP contribution >= 0.6 is 0 Å². The summed E-state index contributed by atoms with van der Waals surface area (Å²) in [6, 6.07) is 2.47. The Bertz CT molecular complexity index is 524. The molecule has 5 nitrogen and oxygen atoms in total. The van der Waals surface area contributed by atoms with Crippen molar-refractivity contribution in [1.82, 2.24) is 24.9 Å². The number of hydrogen-bond donors (Lipinski definition) is 1. The van der Waals surface area contributed by atoms with Crippen molar-refractivity contribution >= 4 is 0 Å². The normalized spacial score (nSPS) is 11.4. The van der Waals surface area contributed by atoms with Crippen LogP contribution in [-0.2, 0) is 19.6 Å². The van der Waals surface area contributed by atoms with Crippen molar-refractivity contribution in [2.75, 3.05) is 0 Å². The second-order valence-corrected chi connectivity index (χ2v) is 5.06. The number of hydrogen-bond acceptors (Lipinski definition) is 3. The lowest BCUT2D eigenvalue weighted by atomic mass is 10.2. The Balaban J connectivity index is 1.92. The molecule has 0 unspecified atom stereocenters. The maximum absolute atomic E-state index is 4.52. The summed E-state index contributed by atoms with van der Waals surface area (Å²) in [6.45, 7) is 11.0. The summed E-state index contributed by atoms with van der Waals surface area (Å²) in [7, 11) is 0. The molecule has 0 atom stereocenters. The van der Waals surface area contributed by atoms with Crippen molar-refractivity contribution in [2.24, 2.45) is 0 Å². The summed E-state index contributed by atoms with van der Waals surface area (Å²) >= 11 is 0. The number of nitrogens with zero attached hydrogens (tertiary/aromatic N) is 4. The molecule has 5 heteroatoms. The minimum Gasteiger partial charge on any atom is -0.307 e. The van der Waals surface area contributed by atoms with E-state index in [9.17, 15) is 0 Å². The predicted molar refractivity (Wildman–Crippen MR) is 75.8 cm³/mol. The number of nitrogens with one attached hydrogen (secondary N) is 1. The number of aryl methyl sites for hydroxylation is 2. The van der Waals surface area contributed by atoms with Gasteiger partial charge in [-0.2, -0.15) is 10.2 Å². The van der Waals surface area contributed by atoms with Gasteiger partial charge in [0.2, 0.25) is 0 Å². The van der Waals surface area contributed by atoms with E-state index in [2.05, 4.69) is 55.5 Å². The van der Waals surface area contributed by atoms with E-state index in [0.717, 1.165) is 25.3 Å². The summed E-state index contributed by atoms with van der Waals surface area (Å²) in [4.78, 5) is 0. The summed E-state index contributed by atoms with van der Waals surface area (Å²) in [5, 5.41) is 12.2. The molecule has 1 N–H and O–H groups in total. The minimum absolute atomic E-state index is 0.411. The van der Waals surface area contributed by atoms with Gasteiger partial charge in [0, 0.05) is 43.6 Å². The zero-order valence-corrected chi connectivity index (χ0v) is 12.2. The van der Waals surface area contributed by atoms with Crippen molar-refractivity contribution in [3.05, 3.63) is 35.4 Å². The summed E-state index contributed by atoms with van der Waals surface area (Å²) in [5.74, 6) is 0. The molecule has 0 aromatic carbocycles. The van der Waals surface area contributed by atoms with E-state index >= 15 is 0 Å². The molecule has 2 heterocycles. The molecule has 19 heavy (non-hydrogen) atoms. The first-order chi connectivity index (χ1) is 9.11. The molecular formula is C14H23N5. The van der Waals surface area contributed by atoms with Gasteiger partial charge in [0.1, 0.15) is 0 Å². The van der Waals surface area contributed by atoms with E-state index in [1.54, 1.807) is 0 Å². The molecule has 0 saturated carbocycles. The van der Waals surface area contributed by atoms with Crippen molar-refractivity contribution in [3.8, 4) is 0 Å². The zero-order valence-electron chi connectivity index (χ0n) is 12.2. The second-order valence-electron chi connectivity index (χ2n) is 5.06. The molecule has 0 radical (unpaired) electrons. The van der Waals surface area contributed by atoms with Crippen LogP contribution in [0, 0.1) is 6.92 Å². The largest absolute Gasteiger partial charge is 0.307 e. The van der Waals surface area contributed by atoms with Gasteiger partial charge in [-0.1, -0.05) is 0 Å². The minimum atomic E-state index is 0.411. The van der Waals surface area contributed by atoms with E-state index < -0.39 is 0 Å². The highest BCUT2D eigenvalue weighted by Gasteiger charge is 2.07. The van der Waals surface area contributed by atoms with Gasteiger partial charge in [-0.3, -0.25) is 9.36 Å². The molecule has 104 valence electrons. The molecule has 0 saturated heterocycles. The van der Waals surface area contributed by atoms with E-state index in [-0.39, 0.29) is 0 Å². The van der Waals surface area contributed by atoms with Crippen molar-refractivity contribution in [1.29, 1.82) is 0 Å².